The fourth-order valence-corrected chi connectivity index (χ4v) is 6.56. The van der Waals surface area contributed by atoms with E-state index in [4.69, 9.17) is 11.6 Å². The van der Waals surface area contributed by atoms with Gasteiger partial charge in [0.25, 0.3) is 5.91 Å². The second-order valence-corrected chi connectivity index (χ2v) is 10.4. The zero-order valence-corrected chi connectivity index (χ0v) is 18.4. The van der Waals surface area contributed by atoms with Gasteiger partial charge >= 0.3 is 0 Å². The lowest BCUT2D eigenvalue weighted by Gasteiger charge is -2.15. The van der Waals surface area contributed by atoms with Gasteiger partial charge < -0.3 is 4.57 Å². The molecule has 0 unspecified atom stereocenters. The largest absolute Gasteiger partial charge is 0.319 e. The van der Waals surface area contributed by atoms with Gasteiger partial charge in [-0.25, -0.2) is 8.42 Å². The average Bonchev–Trinajstić information content (AvgIpc) is 3.31. The lowest BCUT2D eigenvalue weighted by Crippen LogP contribution is -2.27. The van der Waals surface area contributed by atoms with Gasteiger partial charge in [-0.15, -0.1) is 0 Å². The molecule has 4 rings (SSSR count). The van der Waals surface area contributed by atoms with E-state index in [1.807, 2.05) is 30.7 Å². The summed E-state index contributed by atoms with van der Waals surface area (Å²) < 4.78 is 29.5. The third kappa shape index (κ3) is 3.77. The van der Waals surface area contributed by atoms with Crippen LogP contribution in [-0.4, -0.2) is 36.3 Å². The third-order valence-electron chi connectivity index (χ3n) is 5.06. The van der Waals surface area contributed by atoms with Crippen molar-refractivity contribution in [3.8, 4) is 0 Å². The van der Waals surface area contributed by atoms with E-state index in [1.165, 1.54) is 39.9 Å². The molecular weight excluding hydrogens is 430 g/mol. The van der Waals surface area contributed by atoms with Gasteiger partial charge in [-0.05, 0) is 61.7 Å². The van der Waals surface area contributed by atoms with E-state index in [-0.39, 0.29) is 4.90 Å². The Balaban J connectivity index is 1.66. The van der Waals surface area contributed by atoms with Crippen LogP contribution < -0.4 is 4.80 Å². The summed E-state index contributed by atoms with van der Waals surface area (Å²) in [5, 5.41) is 0.643. The fraction of sp³-hybridized carbons (Fsp3) is 0.300. The first-order chi connectivity index (χ1) is 13.8. The molecule has 0 bridgehead atoms. The van der Waals surface area contributed by atoms with Crippen LogP contribution in [0.3, 0.4) is 0 Å². The van der Waals surface area contributed by atoms with Gasteiger partial charge in [-0.2, -0.15) is 9.30 Å². The highest BCUT2D eigenvalue weighted by atomic mass is 35.5. The Morgan fingerprint density at radius 3 is 2.45 bits per heavy atom. The number of fused-ring (bicyclic) bond motifs is 1. The van der Waals surface area contributed by atoms with Gasteiger partial charge in [0.2, 0.25) is 10.0 Å². The molecule has 0 N–H and O–H groups in total. The van der Waals surface area contributed by atoms with Gasteiger partial charge in [0.15, 0.2) is 4.80 Å². The summed E-state index contributed by atoms with van der Waals surface area (Å²) in [5.41, 5.74) is 2.34. The first-order valence-electron chi connectivity index (χ1n) is 9.22. The topological polar surface area (TPSA) is 71.7 Å². The SMILES string of the molecule is Cc1cc(Cl)cc2sc(=NC(=O)c3ccc(S(=O)(=O)N4CCCC4)cc3)n(C)c12. The van der Waals surface area contributed by atoms with E-state index >= 15 is 0 Å². The molecule has 0 atom stereocenters. The smallest absolute Gasteiger partial charge is 0.279 e. The molecule has 1 aliphatic rings. The van der Waals surface area contributed by atoms with Gasteiger partial charge in [0.1, 0.15) is 0 Å². The molecule has 1 aromatic heterocycles. The van der Waals surface area contributed by atoms with Crippen LogP contribution in [0, 0.1) is 6.92 Å². The standard InChI is InChI=1S/C20H20ClN3O3S2/c1-13-11-15(21)12-17-18(13)23(2)20(28-17)22-19(25)14-5-7-16(8-6-14)29(26,27)24-9-3-4-10-24/h5-8,11-12H,3-4,9-10H2,1-2H3. The zero-order valence-electron chi connectivity index (χ0n) is 16.1. The van der Waals surface area contributed by atoms with Crippen molar-refractivity contribution in [3.63, 3.8) is 0 Å². The monoisotopic (exact) mass is 449 g/mol. The number of rotatable bonds is 3. The minimum atomic E-state index is -3.50. The Morgan fingerprint density at radius 2 is 1.79 bits per heavy atom. The van der Waals surface area contributed by atoms with Crippen molar-refractivity contribution in [1.29, 1.82) is 0 Å². The molecule has 9 heteroatoms. The molecule has 152 valence electrons. The van der Waals surface area contributed by atoms with Crippen LogP contribution in [0.2, 0.25) is 5.02 Å². The highest BCUT2D eigenvalue weighted by molar-refractivity contribution is 7.89. The maximum Gasteiger partial charge on any atom is 0.279 e. The number of carbonyl (C=O) groups is 1. The predicted molar refractivity (Wildman–Crippen MR) is 115 cm³/mol. The second kappa shape index (κ2) is 7.68. The minimum Gasteiger partial charge on any atom is -0.319 e. The maximum absolute atomic E-state index is 12.7. The first kappa shape index (κ1) is 20.3. The van der Waals surface area contributed by atoms with E-state index in [2.05, 4.69) is 4.99 Å². The zero-order chi connectivity index (χ0) is 20.8. The number of hydrogen-bond donors (Lipinski definition) is 0. The van der Waals surface area contributed by atoms with Crippen molar-refractivity contribution >= 4 is 49.1 Å². The van der Waals surface area contributed by atoms with Crippen molar-refractivity contribution < 1.29 is 13.2 Å². The summed E-state index contributed by atoms with van der Waals surface area (Å²) in [7, 11) is -1.64. The minimum absolute atomic E-state index is 0.202. The highest BCUT2D eigenvalue weighted by Gasteiger charge is 2.27. The number of aryl methyl sites for hydroxylation is 2. The Kier molecular flexibility index (Phi) is 5.37. The Bertz CT molecular complexity index is 1270. The molecule has 0 spiro atoms. The Morgan fingerprint density at radius 1 is 1.14 bits per heavy atom. The van der Waals surface area contributed by atoms with Gasteiger partial charge in [-0.1, -0.05) is 22.9 Å². The third-order valence-corrected chi connectivity index (χ3v) is 8.27. The van der Waals surface area contributed by atoms with Gasteiger partial charge in [0, 0.05) is 30.7 Å². The molecular formula is C20H20ClN3O3S2. The molecule has 29 heavy (non-hydrogen) atoms. The summed E-state index contributed by atoms with van der Waals surface area (Å²) in [6.07, 6.45) is 1.76. The molecule has 1 aliphatic heterocycles. The number of carbonyl (C=O) groups excluding carboxylic acids is 1. The van der Waals surface area contributed by atoms with Crippen molar-refractivity contribution in [3.05, 3.63) is 57.3 Å². The van der Waals surface area contributed by atoms with Crippen LogP contribution >= 0.6 is 22.9 Å². The molecule has 0 radical (unpaired) electrons. The molecule has 6 nitrogen and oxygen atoms in total. The van der Waals surface area contributed by atoms with Crippen LogP contribution in [-0.2, 0) is 17.1 Å². The van der Waals surface area contributed by atoms with Crippen molar-refractivity contribution in [2.75, 3.05) is 13.1 Å². The van der Waals surface area contributed by atoms with Gasteiger partial charge in [0.05, 0.1) is 15.1 Å². The number of halogens is 1. The number of sulfonamides is 1. The molecule has 1 fully saturated rings. The van der Waals surface area contributed by atoms with Crippen LogP contribution in [0.15, 0.2) is 46.3 Å². The number of benzene rings is 2. The predicted octanol–water partition coefficient (Wildman–Crippen LogP) is 3.73. The van der Waals surface area contributed by atoms with Crippen molar-refractivity contribution in [2.24, 2.45) is 12.0 Å². The number of hydrogen-bond acceptors (Lipinski definition) is 4. The van der Waals surface area contributed by atoms with E-state index in [0.717, 1.165) is 28.6 Å². The van der Waals surface area contributed by atoms with E-state index in [1.54, 1.807) is 0 Å². The van der Waals surface area contributed by atoms with E-state index in [9.17, 15) is 13.2 Å². The molecule has 0 saturated carbocycles. The number of aromatic nitrogens is 1. The molecule has 2 aromatic carbocycles. The van der Waals surface area contributed by atoms with Crippen LogP contribution in [0.1, 0.15) is 28.8 Å². The lowest BCUT2D eigenvalue weighted by atomic mass is 10.2. The number of thiazole rings is 1. The van der Waals surface area contributed by atoms with Crippen LogP contribution in [0.4, 0.5) is 0 Å². The van der Waals surface area contributed by atoms with E-state index < -0.39 is 15.9 Å². The Labute approximate surface area is 178 Å². The maximum atomic E-state index is 12.7. The summed E-state index contributed by atoms with van der Waals surface area (Å²) in [6, 6.07) is 9.72. The summed E-state index contributed by atoms with van der Waals surface area (Å²) >= 11 is 7.52. The van der Waals surface area contributed by atoms with Crippen molar-refractivity contribution in [1.82, 2.24) is 8.87 Å². The van der Waals surface area contributed by atoms with Gasteiger partial charge in [-0.3, -0.25) is 4.79 Å². The normalized spacial score (nSPS) is 16.0. The molecule has 0 aliphatic carbocycles. The van der Waals surface area contributed by atoms with Crippen LogP contribution in [0.25, 0.3) is 10.2 Å². The second-order valence-electron chi connectivity index (χ2n) is 7.07. The molecule has 3 aromatic rings. The summed E-state index contributed by atoms with van der Waals surface area (Å²) in [6.45, 7) is 3.06. The summed E-state index contributed by atoms with van der Waals surface area (Å²) in [4.78, 5) is 17.7. The molecule has 2 heterocycles. The van der Waals surface area contributed by atoms with Crippen LogP contribution in [0.5, 0.6) is 0 Å². The number of nitrogens with zero attached hydrogens (tertiary/aromatic N) is 3. The fourth-order valence-electron chi connectivity index (χ4n) is 3.57. The lowest BCUT2D eigenvalue weighted by molar-refractivity contribution is 0.0998. The average molecular weight is 450 g/mol. The van der Waals surface area contributed by atoms with E-state index in [0.29, 0.717) is 28.5 Å². The summed E-state index contributed by atoms with van der Waals surface area (Å²) in [5.74, 6) is -0.416. The van der Waals surface area contributed by atoms with Crippen molar-refractivity contribution in [2.45, 2.75) is 24.7 Å². The highest BCUT2D eigenvalue weighted by Crippen LogP contribution is 2.25. The Hall–Kier alpha value is -2.00. The number of amides is 1. The molecule has 1 saturated heterocycles. The first-order valence-corrected chi connectivity index (χ1v) is 11.9. The quantitative estimate of drug-likeness (QED) is 0.611. The molecule has 1 amide bonds.